The molecule has 0 radical (unpaired) electrons. The maximum Gasteiger partial charge on any atom is 0.277 e. The monoisotopic (exact) mass is 368 g/mol. The Kier molecular flexibility index (Phi) is 4.71. The quantitative estimate of drug-likeness (QED) is 0.684. The molecule has 0 spiro atoms. The number of carbonyl (C=O) groups excluding carboxylic acids is 1. The number of amides is 1. The smallest absolute Gasteiger partial charge is 0.277 e. The molecule has 26 heavy (non-hydrogen) atoms. The van der Waals surface area contributed by atoms with E-state index in [1.165, 1.54) is 24.2 Å². The van der Waals surface area contributed by atoms with Crippen molar-refractivity contribution in [3.8, 4) is 16.5 Å². The van der Waals surface area contributed by atoms with E-state index in [9.17, 15) is 4.79 Å². The highest BCUT2D eigenvalue weighted by molar-refractivity contribution is 7.13. The van der Waals surface area contributed by atoms with Gasteiger partial charge in [-0.3, -0.25) is 4.79 Å². The van der Waals surface area contributed by atoms with Crippen LogP contribution in [0.25, 0.3) is 10.7 Å². The Balaban J connectivity index is 1.58. The van der Waals surface area contributed by atoms with Crippen molar-refractivity contribution >= 4 is 22.9 Å². The molecule has 0 saturated heterocycles. The number of hydrogen-bond donors (Lipinski definition) is 1. The molecule has 0 atom stereocenters. The lowest BCUT2D eigenvalue weighted by molar-refractivity contribution is 0.0981. The second kappa shape index (κ2) is 7.29. The van der Waals surface area contributed by atoms with Crippen molar-refractivity contribution in [2.24, 2.45) is 5.92 Å². The Labute approximate surface area is 155 Å². The SMILES string of the molecule is CCOc1ccc(N(CC2CC2)C(=O)c2csc(-c3cnc[nH]3)n2)cc1. The summed E-state index contributed by atoms with van der Waals surface area (Å²) in [6.45, 7) is 3.30. The van der Waals surface area contributed by atoms with E-state index in [0.29, 0.717) is 18.2 Å². The second-order valence-electron chi connectivity index (χ2n) is 6.29. The first-order valence-corrected chi connectivity index (χ1v) is 9.61. The van der Waals surface area contributed by atoms with Crippen molar-refractivity contribution in [1.29, 1.82) is 0 Å². The number of hydrogen-bond acceptors (Lipinski definition) is 5. The number of anilines is 1. The maximum absolute atomic E-state index is 13.1. The molecule has 2 heterocycles. The number of thiazole rings is 1. The number of rotatable bonds is 7. The predicted octanol–water partition coefficient (Wildman–Crippen LogP) is 3.99. The third-order valence-electron chi connectivity index (χ3n) is 4.29. The molecular formula is C19H20N4O2S. The van der Waals surface area contributed by atoms with E-state index in [1.807, 2.05) is 41.5 Å². The van der Waals surface area contributed by atoms with Crippen LogP contribution in [-0.4, -0.2) is 34.0 Å². The van der Waals surface area contributed by atoms with Crippen LogP contribution in [0.5, 0.6) is 5.75 Å². The molecule has 1 aliphatic rings. The Morgan fingerprint density at radius 1 is 1.35 bits per heavy atom. The largest absolute Gasteiger partial charge is 0.494 e. The zero-order valence-electron chi connectivity index (χ0n) is 14.5. The van der Waals surface area contributed by atoms with Crippen LogP contribution < -0.4 is 9.64 Å². The number of aromatic nitrogens is 3. The molecule has 3 aromatic rings. The van der Waals surface area contributed by atoms with Crippen LogP contribution in [0.4, 0.5) is 5.69 Å². The Morgan fingerprint density at radius 3 is 2.81 bits per heavy atom. The van der Waals surface area contributed by atoms with Crippen LogP contribution in [-0.2, 0) is 0 Å². The molecule has 4 rings (SSSR count). The first-order valence-electron chi connectivity index (χ1n) is 8.73. The van der Waals surface area contributed by atoms with Crippen LogP contribution in [0.1, 0.15) is 30.3 Å². The number of aromatic amines is 1. The number of H-pyrrole nitrogens is 1. The molecule has 1 aliphatic carbocycles. The molecule has 7 heteroatoms. The average molecular weight is 368 g/mol. The molecule has 1 aromatic carbocycles. The number of carbonyl (C=O) groups is 1. The highest BCUT2D eigenvalue weighted by Crippen LogP contribution is 2.33. The van der Waals surface area contributed by atoms with Gasteiger partial charge in [-0.05, 0) is 49.9 Å². The number of benzene rings is 1. The van der Waals surface area contributed by atoms with Crippen molar-refractivity contribution in [2.45, 2.75) is 19.8 Å². The summed E-state index contributed by atoms with van der Waals surface area (Å²) in [5, 5.41) is 2.58. The molecule has 2 aromatic heterocycles. The average Bonchev–Trinajstić information content (AvgIpc) is 3.13. The van der Waals surface area contributed by atoms with E-state index >= 15 is 0 Å². The van der Waals surface area contributed by atoms with Gasteiger partial charge in [-0.25, -0.2) is 9.97 Å². The summed E-state index contributed by atoms with van der Waals surface area (Å²) in [5.41, 5.74) is 2.17. The molecule has 0 unspecified atom stereocenters. The molecule has 1 saturated carbocycles. The third-order valence-corrected chi connectivity index (χ3v) is 5.17. The van der Waals surface area contributed by atoms with Crippen LogP contribution in [0.2, 0.25) is 0 Å². The van der Waals surface area contributed by atoms with Gasteiger partial charge in [0.25, 0.3) is 5.91 Å². The lowest BCUT2D eigenvalue weighted by atomic mass is 10.2. The van der Waals surface area contributed by atoms with E-state index in [2.05, 4.69) is 15.0 Å². The summed E-state index contributed by atoms with van der Waals surface area (Å²) < 4.78 is 5.50. The normalized spacial score (nSPS) is 13.6. The van der Waals surface area contributed by atoms with Crippen LogP contribution in [0.3, 0.4) is 0 Å². The van der Waals surface area contributed by atoms with Crippen LogP contribution in [0, 0.1) is 5.92 Å². The van der Waals surface area contributed by atoms with E-state index in [0.717, 1.165) is 28.7 Å². The van der Waals surface area contributed by atoms with Crippen molar-refractivity contribution in [1.82, 2.24) is 15.0 Å². The minimum Gasteiger partial charge on any atom is -0.494 e. The van der Waals surface area contributed by atoms with Gasteiger partial charge in [-0.1, -0.05) is 0 Å². The van der Waals surface area contributed by atoms with Gasteiger partial charge in [0.05, 0.1) is 24.8 Å². The van der Waals surface area contributed by atoms with Crippen molar-refractivity contribution < 1.29 is 9.53 Å². The van der Waals surface area contributed by atoms with E-state index < -0.39 is 0 Å². The van der Waals surface area contributed by atoms with Gasteiger partial charge in [0.1, 0.15) is 16.5 Å². The topological polar surface area (TPSA) is 71.1 Å². The van der Waals surface area contributed by atoms with Crippen molar-refractivity contribution in [3.63, 3.8) is 0 Å². The first kappa shape index (κ1) is 16.8. The van der Waals surface area contributed by atoms with E-state index in [1.54, 1.807) is 12.5 Å². The van der Waals surface area contributed by atoms with Crippen molar-refractivity contribution in [2.75, 3.05) is 18.1 Å². The minimum atomic E-state index is -0.0666. The molecule has 0 aliphatic heterocycles. The number of imidazole rings is 1. The number of nitrogens with zero attached hydrogens (tertiary/aromatic N) is 3. The summed E-state index contributed by atoms with van der Waals surface area (Å²) in [6, 6.07) is 7.69. The molecule has 134 valence electrons. The van der Waals surface area contributed by atoms with Gasteiger partial charge in [-0.2, -0.15) is 0 Å². The van der Waals surface area contributed by atoms with E-state index in [-0.39, 0.29) is 5.91 Å². The zero-order valence-corrected chi connectivity index (χ0v) is 15.3. The summed E-state index contributed by atoms with van der Waals surface area (Å²) in [4.78, 5) is 26.5. The summed E-state index contributed by atoms with van der Waals surface area (Å²) in [5.74, 6) is 1.32. The Bertz CT molecular complexity index is 869. The zero-order chi connectivity index (χ0) is 17.9. The highest BCUT2D eigenvalue weighted by atomic mass is 32.1. The fraction of sp³-hybridized carbons (Fsp3) is 0.316. The maximum atomic E-state index is 13.1. The number of nitrogens with one attached hydrogen (secondary N) is 1. The van der Waals surface area contributed by atoms with Gasteiger partial charge in [0, 0.05) is 17.6 Å². The van der Waals surface area contributed by atoms with Crippen molar-refractivity contribution in [3.05, 3.63) is 47.9 Å². The molecule has 1 fully saturated rings. The third kappa shape index (κ3) is 3.62. The standard InChI is InChI=1S/C19H20N4O2S/c1-2-25-15-7-5-14(6-8-15)23(10-13-3-4-13)19(24)17-11-26-18(22-17)16-9-20-12-21-16/h5-9,11-13H,2-4,10H2,1H3,(H,20,21). The lowest BCUT2D eigenvalue weighted by Gasteiger charge is -2.22. The highest BCUT2D eigenvalue weighted by Gasteiger charge is 2.29. The van der Waals surface area contributed by atoms with Gasteiger partial charge in [-0.15, -0.1) is 11.3 Å². The molecule has 6 nitrogen and oxygen atoms in total. The van der Waals surface area contributed by atoms with Gasteiger partial charge in [0.2, 0.25) is 0 Å². The van der Waals surface area contributed by atoms with Gasteiger partial charge in [0.15, 0.2) is 0 Å². The Morgan fingerprint density at radius 2 is 2.15 bits per heavy atom. The number of ether oxygens (including phenoxy) is 1. The van der Waals surface area contributed by atoms with Gasteiger partial charge < -0.3 is 14.6 Å². The minimum absolute atomic E-state index is 0.0666. The molecule has 0 bridgehead atoms. The summed E-state index contributed by atoms with van der Waals surface area (Å²) in [7, 11) is 0. The summed E-state index contributed by atoms with van der Waals surface area (Å²) in [6.07, 6.45) is 5.67. The molecular weight excluding hydrogens is 348 g/mol. The predicted molar refractivity (Wildman–Crippen MR) is 102 cm³/mol. The molecule has 1 N–H and O–H groups in total. The van der Waals surface area contributed by atoms with Crippen LogP contribution >= 0.6 is 11.3 Å². The fourth-order valence-corrected chi connectivity index (χ4v) is 3.53. The Hall–Kier alpha value is -2.67. The van der Waals surface area contributed by atoms with Gasteiger partial charge >= 0.3 is 0 Å². The second-order valence-corrected chi connectivity index (χ2v) is 7.15. The molecule has 1 amide bonds. The fourth-order valence-electron chi connectivity index (χ4n) is 2.76. The van der Waals surface area contributed by atoms with E-state index in [4.69, 9.17) is 4.74 Å². The van der Waals surface area contributed by atoms with Crippen LogP contribution in [0.15, 0.2) is 42.2 Å². The lowest BCUT2D eigenvalue weighted by Crippen LogP contribution is -2.33. The first-order chi connectivity index (χ1) is 12.7. The summed E-state index contributed by atoms with van der Waals surface area (Å²) >= 11 is 1.44.